The lowest BCUT2D eigenvalue weighted by Gasteiger charge is -2.32. The Bertz CT molecular complexity index is 640. The first-order chi connectivity index (χ1) is 12.9. The third-order valence-electron chi connectivity index (χ3n) is 4.77. The molecule has 150 valence electrons. The third-order valence-corrected chi connectivity index (χ3v) is 4.77. The summed E-state index contributed by atoms with van der Waals surface area (Å²) in [5.41, 5.74) is 1.09. The van der Waals surface area contributed by atoms with Crippen LogP contribution in [0, 0.1) is 5.92 Å². The van der Waals surface area contributed by atoms with Crippen molar-refractivity contribution in [1.29, 1.82) is 0 Å². The predicted molar refractivity (Wildman–Crippen MR) is 107 cm³/mol. The molecule has 0 bridgehead atoms. The zero-order chi connectivity index (χ0) is 19.8. The van der Waals surface area contributed by atoms with Gasteiger partial charge in [-0.2, -0.15) is 0 Å². The van der Waals surface area contributed by atoms with Gasteiger partial charge in [0.25, 0.3) is 5.91 Å². The summed E-state index contributed by atoms with van der Waals surface area (Å²) in [6, 6.07) is 5.09. The number of rotatable bonds is 8. The number of nitrogens with one attached hydrogen (secondary N) is 2. The molecule has 27 heavy (non-hydrogen) atoms. The maximum Gasteiger partial charge on any atom is 0.255 e. The second kappa shape index (κ2) is 10.3. The number of likely N-dealkylation sites (N-methyl/N-ethyl adjacent to an activating group) is 1. The van der Waals surface area contributed by atoms with Crippen molar-refractivity contribution in [3.05, 3.63) is 23.8 Å². The summed E-state index contributed by atoms with van der Waals surface area (Å²) in [5, 5.41) is 5.77. The summed E-state index contributed by atoms with van der Waals surface area (Å²) >= 11 is 0. The van der Waals surface area contributed by atoms with Crippen LogP contribution in [-0.2, 0) is 4.79 Å². The molecule has 1 aromatic carbocycles. The highest BCUT2D eigenvalue weighted by molar-refractivity contribution is 5.98. The van der Waals surface area contributed by atoms with E-state index in [9.17, 15) is 9.59 Å². The maximum atomic E-state index is 12.5. The topological polar surface area (TPSA) is 73.9 Å². The van der Waals surface area contributed by atoms with Crippen molar-refractivity contribution < 1.29 is 14.3 Å². The molecule has 1 aliphatic heterocycles. The smallest absolute Gasteiger partial charge is 0.255 e. The van der Waals surface area contributed by atoms with E-state index >= 15 is 0 Å². The zero-order valence-corrected chi connectivity index (χ0v) is 16.9. The number of amides is 2. The van der Waals surface area contributed by atoms with Crippen LogP contribution in [0.15, 0.2) is 18.2 Å². The highest BCUT2D eigenvalue weighted by atomic mass is 16.5. The Kier molecular flexibility index (Phi) is 8.06. The molecule has 2 N–H and O–H groups in total. The minimum absolute atomic E-state index is 0.0711. The van der Waals surface area contributed by atoms with Crippen molar-refractivity contribution in [1.82, 2.24) is 15.1 Å². The molecule has 1 fully saturated rings. The molecule has 2 amide bonds. The van der Waals surface area contributed by atoms with Crippen molar-refractivity contribution in [2.24, 2.45) is 5.92 Å². The number of nitrogens with zero attached hydrogens (tertiary/aromatic N) is 2. The Balaban J connectivity index is 1.83. The first-order valence-electron chi connectivity index (χ1n) is 9.58. The number of carbonyl (C=O) groups is 2. The van der Waals surface area contributed by atoms with Crippen LogP contribution in [0.2, 0.25) is 0 Å². The number of methoxy groups -OCH3 is 1. The van der Waals surface area contributed by atoms with Gasteiger partial charge in [-0.25, -0.2) is 0 Å². The standard InChI is InChI=1S/C20H32N4O3/c1-15(2)19(25)22-16-6-7-17(18(14-16)27-4)20(26)21-8-5-9-24-12-10-23(3)11-13-24/h6-7,14-15H,5,8-13H2,1-4H3,(H,21,26)(H,22,25). The van der Waals surface area contributed by atoms with Gasteiger partial charge in [-0.05, 0) is 32.1 Å². The molecule has 1 aromatic rings. The fraction of sp³-hybridized carbons (Fsp3) is 0.600. The lowest BCUT2D eigenvalue weighted by molar-refractivity contribution is -0.118. The number of ether oxygens (including phenoxy) is 1. The van der Waals surface area contributed by atoms with Crippen LogP contribution >= 0.6 is 0 Å². The molecule has 7 nitrogen and oxygen atoms in total. The van der Waals surface area contributed by atoms with Gasteiger partial charge in [-0.1, -0.05) is 13.8 Å². The van der Waals surface area contributed by atoms with Crippen LogP contribution in [0.1, 0.15) is 30.6 Å². The number of carbonyl (C=O) groups excluding carboxylic acids is 2. The Labute approximate surface area is 162 Å². The van der Waals surface area contributed by atoms with Crippen molar-refractivity contribution in [2.75, 3.05) is 58.7 Å². The van der Waals surface area contributed by atoms with Crippen LogP contribution in [0.25, 0.3) is 0 Å². The molecule has 0 unspecified atom stereocenters. The number of piperazine rings is 1. The summed E-state index contributed by atoms with van der Waals surface area (Å²) in [5.74, 6) is 0.109. The predicted octanol–water partition coefficient (Wildman–Crippen LogP) is 1.66. The quantitative estimate of drug-likeness (QED) is 0.675. The molecule has 0 saturated carbocycles. The van der Waals surface area contributed by atoms with Gasteiger partial charge in [-0.15, -0.1) is 0 Å². The third kappa shape index (κ3) is 6.52. The summed E-state index contributed by atoms with van der Waals surface area (Å²) in [6.45, 7) is 9.65. The highest BCUT2D eigenvalue weighted by Gasteiger charge is 2.16. The van der Waals surface area contributed by atoms with Gasteiger partial charge in [0, 0.05) is 50.4 Å². The second-order valence-corrected chi connectivity index (χ2v) is 7.31. The average Bonchev–Trinajstić information content (AvgIpc) is 2.66. The van der Waals surface area contributed by atoms with E-state index in [0.29, 0.717) is 23.5 Å². The lowest BCUT2D eigenvalue weighted by Crippen LogP contribution is -2.45. The zero-order valence-electron chi connectivity index (χ0n) is 16.9. The van der Waals surface area contributed by atoms with E-state index in [2.05, 4.69) is 27.5 Å². The number of benzene rings is 1. The molecule has 1 aliphatic rings. The van der Waals surface area contributed by atoms with E-state index in [-0.39, 0.29) is 17.7 Å². The molecule has 0 spiro atoms. The van der Waals surface area contributed by atoms with E-state index in [1.165, 1.54) is 7.11 Å². The molecule has 1 heterocycles. The first-order valence-corrected chi connectivity index (χ1v) is 9.58. The first kappa shape index (κ1) is 21.2. The maximum absolute atomic E-state index is 12.5. The van der Waals surface area contributed by atoms with Crippen molar-refractivity contribution >= 4 is 17.5 Å². The minimum Gasteiger partial charge on any atom is -0.496 e. The minimum atomic E-state index is -0.160. The Morgan fingerprint density at radius 2 is 1.89 bits per heavy atom. The normalized spacial score (nSPS) is 15.6. The van der Waals surface area contributed by atoms with E-state index in [4.69, 9.17) is 4.74 Å². The monoisotopic (exact) mass is 376 g/mol. The van der Waals surface area contributed by atoms with Crippen LogP contribution in [0.4, 0.5) is 5.69 Å². The molecule has 0 atom stereocenters. The molecule has 1 saturated heterocycles. The molecule has 0 radical (unpaired) electrons. The molecule has 0 aromatic heterocycles. The Morgan fingerprint density at radius 1 is 1.19 bits per heavy atom. The van der Waals surface area contributed by atoms with Crippen molar-refractivity contribution in [2.45, 2.75) is 20.3 Å². The van der Waals surface area contributed by atoms with Gasteiger partial charge in [-0.3, -0.25) is 9.59 Å². The molecular weight excluding hydrogens is 344 g/mol. The fourth-order valence-electron chi connectivity index (χ4n) is 2.91. The van der Waals surface area contributed by atoms with Crippen molar-refractivity contribution in [3.63, 3.8) is 0 Å². The molecular formula is C20H32N4O3. The Hall–Kier alpha value is -2.12. The molecule has 2 rings (SSSR count). The van der Waals surface area contributed by atoms with E-state index < -0.39 is 0 Å². The van der Waals surface area contributed by atoms with E-state index in [1.54, 1.807) is 18.2 Å². The van der Waals surface area contributed by atoms with Gasteiger partial charge in [0.05, 0.1) is 12.7 Å². The summed E-state index contributed by atoms with van der Waals surface area (Å²) in [4.78, 5) is 29.0. The second-order valence-electron chi connectivity index (χ2n) is 7.31. The van der Waals surface area contributed by atoms with Gasteiger partial charge in [0.1, 0.15) is 5.75 Å². The lowest BCUT2D eigenvalue weighted by atomic mass is 10.1. The van der Waals surface area contributed by atoms with Crippen LogP contribution in [-0.4, -0.2) is 75.0 Å². The average molecular weight is 377 g/mol. The fourth-order valence-corrected chi connectivity index (χ4v) is 2.91. The van der Waals surface area contributed by atoms with Crippen LogP contribution in [0.5, 0.6) is 5.75 Å². The van der Waals surface area contributed by atoms with Gasteiger partial charge in [0.15, 0.2) is 0 Å². The van der Waals surface area contributed by atoms with Crippen LogP contribution in [0.3, 0.4) is 0 Å². The summed E-state index contributed by atoms with van der Waals surface area (Å²) in [6.07, 6.45) is 0.917. The number of hydrogen-bond acceptors (Lipinski definition) is 5. The summed E-state index contributed by atoms with van der Waals surface area (Å²) in [7, 11) is 3.66. The highest BCUT2D eigenvalue weighted by Crippen LogP contribution is 2.23. The van der Waals surface area contributed by atoms with Crippen molar-refractivity contribution in [3.8, 4) is 5.75 Å². The van der Waals surface area contributed by atoms with Crippen LogP contribution < -0.4 is 15.4 Å². The largest absolute Gasteiger partial charge is 0.496 e. The Morgan fingerprint density at radius 3 is 2.52 bits per heavy atom. The summed E-state index contributed by atoms with van der Waals surface area (Å²) < 4.78 is 5.34. The van der Waals surface area contributed by atoms with E-state index in [0.717, 1.165) is 39.1 Å². The van der Waals surface area contributed by atoms with Gasteiger partial charge in [0.2, 0.25) is 5.91 Å². The SMILES string of the molecule is COc1cc(NC(=O)C(C)C)ccc1C(=O)NCCCN1CCN(C)CC1. The molecule has 0 aliphatic carbocycles. The van der Waals surface area contributed by atoms with E-state index in [1.807, 2.05) is 13.8 Å². The van der Waals surface area contributed by atoms with Gasteiger partial charge < -0.3 is 25.2 Å². The molecule has 7 heteroatoms. The number of anilines is 1. The number of hydrogen-bond donors (Lipinski definition) is 2. The van der Waals surface area contributed by atoms with Gasteiger partial charge >= 0.3 is 0 Å².